The number of hydrogen-bond acceptors (Lipinski definition) is 3. The van der Waals surface area contributed by atoms with Gasteiger partial charge < -0.3 is 4.90 Å². The Morgan fingerprint density at radius 1 is 1.10 bits per heavy atom. The van der Waals surface area contributed by atoms with Gasteiger partial charge in [-0.1, -0.05) is 42.5 Å². The molecule has 0 N–H and O–H groups in total. The summed E-state index contributed by atoms with van der Waals surface area (Å²) in [5.41, 5.74) is 4.74. The minimum absolute atomic E-state index is 0.221. The maximum absolute atomic E-state index is 14.7. The van der Waals surface area contributed by atoms with E-state index in [0.717, 1.165) is 29.7 Å². The molecular weight excluding hydrogens is 379 g/mol. The third kappa shape index (κ3) is 2.87. The first-order valence-corrected chi connectivity index (χ1v) is 10.0. The van der Waals surface area contributed by atoms with Crippen molar-refractivity contribution in [3.63, 3.8) is 0 Å². The molecule has 0 fully saturated rings. The van der Waals surface area contributed by atoms with E-state index in [9.17, 15) is 9.18 Å². The summed E-state index contributed by atoms with van der Waals surface area (Å²) in [4.78, 5) is 20.1. The lowest BCUT2D eigenvalue weighted by atomic mass is 9.99. The van der Waals surface area contributed by atoms with Crippen LogP contribution in [0.2, 0.25) is 0 Å². The molecule has 0 radical (unpaired) electrons. The summed E-state index contributed by atoms with van der Waals surface area (Å²) in [6.45, 7) is 2.35. The zero-order chi connectivity index (χ0) is 20.8. The van der Waals surface area contributed by atoms with E-state index in [1.54, 1.807) is 15.6 Å². The Balaban J connectivity index is 1.72. The second kappa shape index (κ2) is 7.06. The van der Waals surface area contributed by atoms with Crippen LogP contribution in [0.5, 0.6) is 0 Å². The third-order valence-corrected chi connectivity index (χ3v) is 5.68. The number of pyridine rings is 1. The molecule has 2 aromatic heterocycles. The molecule has 1 aliphatic heterocycles. The number of aromatic nitrogens is 3. The van der Waals surface area contributed by atoms with Crippen LogP contribution < -0.4 is 4.90 Å². The van der Waals surface area contributed by atoms with Crippen molar-refractivity contribution in [2.75, 3.05) is 11.4 Å². The number of carbonyl (C=O) groups is 1. The van der Waals surface area contributed by atoms with Gasteiger partial charge in [0.1, 0.15) is 5.82 Å². The second-order valence-electron chi connectivity index (χ2n) is 7.64. The monoisotopic (exact) mass is 400 g/mol. The topological polar surface area (TPSA) is 51.0 Å². The van der Waals surface area contributed by atoms with Gasteiger partial charge >= 0.3 is 0 Å². The standard InChI is InChI=1S/C24H21FN4O/c1-15-21-18(24(30)29-13-7-11-17-10-6-12-19(25)22(17)29)14-20(16-8-4-3-5-9-16)26-23(21)28(2)27-15/h3-6,8-10,12,14H,7,11,13H2,1-2H3. The van der Waals surface area contributed by atoms with E-state index in [1.165, 1.54) is 6.07 Å². The largest absolute Gasteiger partial charge is 0.305 e. The van der Waals surface area contributed by atoms with E-state index >= 15 is 0 Å². The minimum atomic E-state index is -0.364. The van der Waals surface area contributed by atoms with Crippen molar-refractivity contribution in [1.29, 1.82) is 0 Å². The predicted molar refractivity (Wildman–Crippen MR) is 115 cm³/mol. The number of aryl methyl sites for hydroxylation is 3. The van der Waals surface area contributed by atoms with Crippen molar-refractivity contribution in [2.45, 2.75) is 19.8 Å². The molecule has 0 saturated heterocycles. The molecule has 30 heavy (non-hydrogen) atoms. The number of para-hydroxylation sites is 1. The summed E-state index contributed by atoms with van der Waals surface area (Å²) in [5, 5.41) is 5.20. The third-order valence-electron chi connectivity index (χ3n) is 5.68. The number of carbonyl (C=O) groups excluding carboxylic acids is 1. The Bertz CT molecular complexity index is 1280. The normalized spacial score (nSPS) is 13.5. The van der Waals surface area contributed by atoms with Gasteiger partial charge in [-0.3, -0.25) is 9.48 Å². The smallest absolute Gasteiger partial charge is 0.259 e. The molecule has 1 aliphatic rings. The van der Waals surface area contributed by atoms with Crippen molar-refractivity contribution >= 4 is 22.6 Å². The molecule has 1 amide bonds. The van der Waals surface area contributed by atoms with Crippen LogP contribution in [0.15, 0.2) is 54.6 Å². The van der Waals surface area contributed by atoms with Crippen molar-refractivity contribution in [2.24, 2.45) is 7.05 Å². The molecule has 0 unspecified atom stereocenters. The van der Waals surface area contributed by atoms with Crippen LogP contribution in [0.4, 0.5) is 10.1 Å². The first-order valence-electron chi connectivity index (χ1n) is 10.0. The molecule has 0 atom stereocenters. The van der Waals surface area contributed by atoms with E-state index in [0.29, 0.717) is 34.5 Å². The SMILES string of the molecule is Cc1nn(C)c2nc(-c3ccccc3)cc(C(=O)N3CCCc4cccc(F)c43)c12. The Morgan fingerprint density at radius 3 is 2.70 bits per heavy atom. The predicted octanol–water partition coefficient (Wildman–Crippen LogP) is 4.68. The molecule has 3 heterocycles. The zero-order valence-corrected chi connectivity index (χ0v) is 16.9. The van der Waals surface area contributed by atoms with Gasteiger partial charge in [-0.05, 0) is 37.5 Å². The van der Waals surface area contributed by atoms with Crippen LogP contribution >= 0.6 is 0 Å². The molecule has 5 nitrogen and oxygen atoms in total. The highest BCUT2D eigenvalue weighted by atomic mass is 19.1. The quantitative estimate of drug-likeness (QED) is 0.491. The van der Waals surface area contributed by atoms with Crippen LogP contribution in [0.1, 0.15) is 28.0 Å². The van der Waals surface area contributed by atoms with E-state index < -0.39 is 0 Å². The Hall–Kier alpha value is -3.54. The molecule has 0 bridgehead atoms. The van der Waals surface area contributed by atoms with Gasteiger partial charge in [-0.25, -0.2) is 9.37 Å². The van der Waals surface area contributed by atoms with Gasteiger partial charge in [0.2, 0.25) is 0 Å². The molecule has 4 aromatic rings. The van der Waals surface area contributed by atoms with Crippen molar-refractivity contribution in [1.82, 2.24) is 14.8 Å². The molecular formula is C24H21FN4O. The summed E-state index contributed by atoms with van der Waals surface area (Å²) < 4.78 is 16.4. The Morgan fingerprint density at radius 2 is 1.90 bits per heavy atom. The van der Waals surface area contributed by atoms with Gasteiger partial charge in [-0.2, -0.15) is 5.10 Å². The van der Waals surface area contributed by atoms with Crippen LogP contribution in [0, 0.1) is 12.7 Å². The number of hydrogen-bond donors (Lipinski definition) is 0. The Labute approximate surface area is 173 Å². The summed E-state index contributed by atoms with van der Waals surface area (Å²) in [5.74, 6) is -0.584. The maximum Gasteiger partial charge on any atom is 0.259 e. The molecule has 0 aliphatic carbocycles. The zero-order valence-electron chi connectivity index (χ0n) is 16.9. The van der Waals surface area contributed by atoms with Gasteiger partial charge in [0, 0.05) is 19.2 Å². The van der Waals surface area contributed by atoms with Crippen molar-refractivity contribution in [3.8, 4) is 11.3 Å². The van der Waals surface area contributed by atoms with Gasteiger partial charge in [0.05, 0.1) is 28.0 Å². The minimum Gasteiger partial charge on any atom is -0.305 e. The fourth-order valence-corrected chi connectivity index (χ4v) is 4.32. The van der Waals surface area contributed by atoms with Gasteiger partial charge in [0.15, 0.2) is 5.65 Å². The number of fused-ring (bicyclic) bond motifs is 2. The number of nitrogens with zero attached hydrogens (tertiary/aromatic N) is 4. The molecule has 5 rings (SSSR count). The van der Waals surface area contributed by atoms with E-state index in [4.69, 9.17) is 4.98 Å². The van der Waals surface area contributed by atoms with Crippen LogP contribution in [0.25, 0.3) is 22.3 Å². The maximum atomic E-state index is 14.7. The summed E-state index contributed by atoms with van der Waals surface area (Å²) in [6.07, 6.45) is 1.57. The molecule has 0 spiro atoms. The first kappa shape index (κ1) is 18.5. The average Bonchev–Trinajstić information content (AvgIpc) is 3.06. The van der Waals surface area contributed by atoms with E-state index in [-0.39, 0.29) is 11.7 Å². The highest BCUT2D eigenvalue weighted by Gasteiger charge is 2.29. The summed E-state index contributed by atoms with van der Waals surface area (Å²) >= 11 is 0. The fourth-order valence-electron chi connectivity index (χ4n) is 4.32. The van der Waals surface area contributed by atoms with Gasteiger partial charge in [0.25, 0.3) is 5.91 Å². The number of anilines is 1. The second-order valence-corrected chi connectivity index (χ2v) is 7.64. The van der Waals surface area contributed by atoms with Crippen LogP contribution in [0.3, 0.4) is 0 Å². The number of rotatable bonds is 2. The molecule has 150 valence electrons. The van der Waals surface area contributed by atoms with Crippen molar-refractivity contribution in [3.05, 3.63) is 77.2 Å². The summed E-state index contributed by atoms with van der Waals surface area (Å²) in [7, 11) is 1.82. The number of benzene rings is 2. The van der Waals surface area contributed by atoms with E-state index in [2.05, 4.69) is 5.10 Å². The lowest BCUT2D eigenvalue weighted by Gasteiger charge is -2.30. The lowest BCUT2D eigenvalue weighted by molar-refractivity contribution is 0.0985. The molecule has 0 saturated carbocycles. The van der Waals surface area contributed by atoms with E-state index in [1.807, 2.05) is 56.4 Å². The highest BCUT2D eigenvalue weighted by Crippen LogP contribution is 2.34. The summed E-state index contributed by atoms with van der Waals surface area (Å²) in [6, 6.07) is 16.6. The number of halogens is 1. The van der Waals surface area contributed by atoms with Crippen LogP contribution in [-0.4, -0.2) is 27.2 Å². The molecule has 2 aromatic carbocycles. The highest BCUT2D eigenvalue weighted by molar-refractivity contribution is 6.15. The Kier molecular flexibility index (Phi) is 4.35. The fraction of sp³-hybridized carbons (Fsp3) is 0.208. The van der Waals surface area contributed by atoms with Crippen LogP contribution in [-0.2, 0) is 13.5 Å². The lowest BCUT2D eigenvalue weighted by Crippen LogP contribution is -2.36. The first-order chi connectivity index (χ1) is 14.5. The van der Waals surface area contributed by atoms with Gasteiger partial charge in [-0.15, -0.1) is 0 Å². The van der Waals surface area contributed by atoms with Crippen molar-refractivity contribution < 1.29 is 9.18 Å². The number of amides is 1. The average molecular weight is 400 g/mol. The molecule has 6 heteroatoms.